The first-order valence-electron chi connectivity index (χ1n) is 11.8. The van der Waals surface area contributed by atoms with Crippen molar-refractivity contribution in [1.29, 1.82) is 0 Å². The molecule has 0 saturated carbocycles. The lowest BCUT2D eigenvalue weighted by atomic mass is 10.2. The van der Waals surface area contributed by atoms with Gasteiger partial charge in [0, 0.05) is 22.3 Å². The second-order valence-electron chi connectivity index (χ2n) is 8.34. The van der Waals surface area contributed by atoms with Gasteiger partial charge in [0.25, 0.3) is 5.56 Å². The number of ether oxygens (including phenoxy) is 1. The molecule has 0 unspecified atom stereocenters. The van der Waals surface area contributed by atoms with Crippen LogP contribution in [0.15, 0.2) is 105 Å². The average molecular weight is 509 g/mol. The largest absolute Gasteiger partial charge is 0.494 e. The normalized spacial score (nSPS) is 11.6. The topological polar surface area (TPSA) is 74.6 Å². The molecule has 0 amide bonds. The van der Waals surface area contributed by atoms with Crippen LogP contribution in [0.2, 0.25) is 5.02 Å². The lowest BCUT2D eigenvalue weighted by molar-refractivity contribution is 0.340. The molecule has 0 spiro atoms. The quantitative estimate of drug-likeness (QED) is 0.239. The molecule has 0 aliphatic heterocycles. The highest BCUT2D eigenvalue weighted by Crippen LogP contribution is 2.29. The summed E-state index contributed by atoms with van der Waals surface area (Å²) in [6, 6.07) is 26.0. The van der Waals surface area contributed by atoms with Gasteiger partial charge in [-0.05, 0) is 79.7 Å². The van der Waals surface area contributed by atoms with Crippen LogP contribution in [0.25, 0.3) is 39.1 Å². The maximum Gasteiger partial charge on any atom is 0.282 e. The van der Waals surface area contributed by atoms with Crippen molar-refractivity contribution in [3.63, 3.8) is 0 Å². The summed E-state index contributed by atoms with van der Waals surface area (Å²) in [6.07, 6.45) is 3.57. The van der Waals surface area contributed by atoms with Crippen LogP contribution >= 0.6 is 11.6 Å². The second kappa shape index (κ2) is 9.44. The molecule has 8 heteroatoms. The summed E-state index contributed by atoms with van der Waals surface area (Å²) in [6.45, 7) is 2.56. The third-order valence-electron chi connectivity index (χ3n) is 5.96. The monoisotopic (exact) mass is 508 g/mol. The van der Waals surface area contributed by atoms with Crippen molar-refractivity contribution >= 4 is 39.7 Å². The van der Waals surface area contributed by atoms with Crippen LogP contribution in [0.4, 0.5) is 0 Å². The maximum atomic E-state index is 13.5. The van der Waals surface area contributed by atoms with Crippen LogP contribution in [0, 0.1) is 0 Å². The lowest BCUT2D eigenvalue weighted by Crippen LogP contribution is -2.20. The van der Waals surface area contributed by atoms with E-state index in [2.05, 4.69) is 5.10 Å². The molecule has 0 aliphatic carbocycles. The van der Waals surface area contributed by atoms with E-state index in [0.717, 1.165) is 22.5 Å². The number of benzene rings is 3. The van der Waals surface area contributed by atoms with Crippen LogP contribution in [-0.4, -0.2) is 27.0 Å². The molecule has 0 N–H and O–H groups in total. The van der Waals surface area contributed by atoms with Gasteiger partial charge in [0.05, 0.1) is 29.4 Å². The molecule has 7 nitrogen and oxygen atoms in total. The zero-order valence-corrected chi connectivity index (χ0v) is 20.6. The second-order valence-corrected chi connectivity index (χ2v) is 8.77. The third-order valence-corrected chi connectivity index (χ3v) is 6.20. The highest BCUT2D eigenvalue weighted by molar-refractivity contribution is 6.31. The minimum Gasteiger partial charge on any atom is -0.494 e. The zero-order valence-electron chi connectivity index (χ0n) is 19.8. The van der Waals surface area contributed by atoms with Crippen LogP contribution in [0.1, 0.15) is 12.6 Å². The molecule has 3 aromatic heterocycles. The van der Waals surface area contributed by atoms with E-state index in [9.17, 15) is 4.79 Å². The predicted molar refractivity (Wildman–Crippen MR) is 146 cm³/mol. The van der Waals surface area contributed by atoms with Crippen molar-refractivity contribution in [3.05, 3.63) is 112 Å². The number of nitrogens with zero attached hydrogens (tertiary/aromatic N) is 4. The van der Waals surface area contributed by atoms with Gasteiger partial charge in [-0.15, -0.1) is 0 Å². The number of furan rings is 1. The summed E-state index contributed by atoms with van der Waals surface area (Å²) in [5.41, 5.74) is 2.63. The summed E-state index contributed by atoms with van der Waals surface area (Å²) >= 11 is 6.16. The minimum atomic E-state index is -0.297. The van der Waals surface area contributed by atoms with Crippen LogP contribution < -0.4 is 10.3 Å². The van der Waals surface area contributed by atoms with Crippen LogP contribution in [-0.2, 0) is 0 Å². The maximum absolute atomic E-state index is 13.5. The van der Waals surface area contributed by atoms with Gasteiger partial charge < -0.3 is 13.7 Å². The molecule has 3 aromatic carbocycles. The highest BCUT2D eigenvalue weighted by atomic mass is 35.5. The van der Waals surface area contributed by atoms with E-state index in [1.807, 2.05) is 66.2 Å². The number of hydrogen-bond acceptors (Lipinski definition) is 5. The fourth-order valence-electron chi connectivity index (χ4n) is 4.24. The Balaban J connectivity index is 1.47. The van der Waals surface area contributed by atoms with Gasteiger partial charge in [-0.25, -0.2) is 4.98 Å². The SMILES string of the molecule is CCOc1ccc(-n2cccc2C=Nn2c(-c3cc4cc(Cl)ccc4o3)nc3ccccc3c2=O)cc1. The van der Waals surface area contributed by atoms with Crippen molar-refractivity contribution in [3.8, 4) is 23.0 Å². The third kappa shape index (κ3) is 4.30. The molecule has 0 fully saturated rings. The summed E-state index contributed by atoms with van der Waals surface area (Å²) in [5, 5.41) is 6.45. The predicted octanol–water partition coefficient (Wildman–Crippen LogP) is 6.53. The molecule has 0 aliphatic rings. The molecular weight excluding hydrogens is 488 g/mol. The van der Waals surface area contributed by atoms with Crippen LogP contribution in [0.3, 0.4) is 0 Å². The fraction of sp³-hybridized carbons (Fsp3) is 0.0690. The molecule has 0 atom stereocenters. The Morgan fingerprint density at radius 2 is 1.86 bits per heavy atom. The van der Waals surface area contributed by atoms with Crippen molar-refractivity contribution < 1.29 is 9.15 Å². The number of halogens is 1. The van der Waals surface area contributed by atoms with Gasteiger partial charge in [0.15, 0.2) is 5.76 Å². The van der Waals surface area contributed by atoms with E-state index in [4.69, 9.17) is 25.7 Å². The van der Waals surface area contributed by atoms with Gasteiger partial charge >= 0.3 is 0 Å². The molecule has 182 valence electrons. The molecule has 0 bridgehead atoms. The standard InChI is InChI=1S/C29H21ClN4O3/c1-2-36-23-12-10-21(11-13-23)33-15-5-6-22(33)18-31-34-28(32-25-8-4-3-7-24(25)29(34)35)27-17-19-16-20(30)9-14-26(19)37-27/h3-18H,2H2,1H3. The van der Waals surface area contributed by atoms with Gasteiger partial charge in [-0.3, -0.25) is 4.79 Å². The van der Waals surface area contributed by atoms with Gasteiger partial charge in [0.1, 0.15) is 11.3 Å². The van der Waals surface area contributed by atoms with Gasteiger partial charge in [-0.2, -0.15) is 9.78 Å². The van der Waals surface area contributed by atoms with Crippen molar-refractivity contribution in [1.82, 2.24) is 14.2 Å². The number of aromatic nitrogens is 3. The average Bonchev–Trinajstić information content (AvgIpc) is 3.55. The lowest BCUT2D eigenvalue weighted by Gasteiger charge is -2.09. The van der Waals surface area contributed by atoms with Gasteiger partial charge in [0.2, 0.25) is 5.82 Å². The minimum absolute atomic E-state index is 0.297. The first-order chi connectivity index (χ1) is 18.1. The number of fused-ring (bicyclic) bond motifs is 2. The van der Waals surface area contributed by atoms with Gasteiger partial charge in [-0.1, -0.05) is 23.7 Å². The molecule has 37 heavy (non-hydrogen) atoms. The van der Waals surface area contributed by atoms with E-state index >= 15 is 0 Å². The van der Waals surface area contributed by atoms with E-state index in [1.165, 1.54) is 4.68 Å². The van der Waals surface area contributed by atoms with Crippen molar-refractivity contribution in [2.75, 3.05) is 6.61 Å². The van der Waals surface area contributed by atoms with Crippen LogP contribution in [0.5, 0.6) is 5.75 Å². The first-order valence-corrected chi connectivity index (χ1v) is 12.1. The van der Waals surface area contributed by atoms with E-state index in [0.29, 0.717) is 39.7 Å². The molecule has 0 radical (unpaired) electrons. The molecule has 0 saturated heterocycles. The van der Waals surface area contributed by atoms with E-state index in [1.54, 1.807) is 42.6 Å². The van der Waals surface area contributed by atoms with Crippen molar-refractivity contribution in [2.45, 2.75) is 6.92 Å². The molecule has 3 heterocycles. The Labute approximate surface area is 216 Å². The summed E-state index contributed by atoms with van der Waals surface area (Å²) in [7, 11) is 0. The number of rotatable bonds is 6. The molecule has 6 aromatic rings. The number of para-hydroxylation sites is 1. The fourth-order valence-corrected chi connectivity index (χ4v) is 4.42. The Morgan fingerprint density at radius 1 is 1.03 bits per heavy atom. The first kappa shape index (κ1) is 22.8. The summed E-state index contributed by atoms with van der Waals surface area (Å²) < 4.78 is 14.8. The summed E-state index contributed by atoms with van der Waals surface area (Å²) in [5.74, 6) is 1.52. The smallest absolute Gasteiger partial charge is 0.282 e. The molecule has 6 rings (SSSR count). The Kier molecular flexibility index (Phi) is 5.82. The Hall–Kier alpha value is -4.62. The Morgan fingerprint density at radius 3 is 2.70 bits per heavy atom. The Bertz CT molecular complexity index is 1830. The number of hydrogen-bond donors (Lipinski definition) is 0. The van der Waals surface area contributed by atoms with E-state index < -0.39 is 0 Å². The zero-order chi connectivity index (χ0) is 25.4. The summed E-state index contributed by atoms with van der Waals surface area (Å²) in [4.78, 5) is 18.3. The molecular formula is C29H21ClN4O3. The van der Waals surface area contributed by atoms with Crippen molar-refractivity contribution in [2.24, 2.45) is 5.10 Å². The van der Waals surface area contributed by atoms with E-state index in [-0.39, 0.29) is 5.56 Å². The highest BCUT2D eigenvalue weighted by Gasteiger charge is 2.17.